The van der Waals surface area contributed by atoms with Gasteiger partial charge in [-0.2, -0.15) is 0 Å². The average Bonchev–Trinajstić information content (AvgIpc) is 2.23. The zero-order valence-corrected chi connectivity index (χ0v) is 10.2. The van der Waals surface area contributed by atoms with Crippen LogP contribution in [0.1, 0.15) is 6.42 Å². The van der Waals surface area contributed by atoms with Gasteiger partial charge >= 0.3 is 0 Å². The first kappa shape index (κ1) is 13.1. The van der Waals surface area contributed by atoms with E-state index in [0.717, 1.165) is 0 Å². The number of carbonyl (C=O) groups is 1. The van der Waals surface area contributed by atoms with Crippen molar-refractivity contribution in [2.75, 3.05) is 13.7 Å². The molecule has 1 rings (SSSR count). The maximum absolute atomic E-state index is 11.1. The van der Waals surface area contributed by atoms with Gasteiger partial charge in [0.2, 0.25) is 5.91 Å². The lowest BCUT2D eigenvalue weighted by molar-refractivity contribution is -0.122. The Kier molecular flexibility index (Phi) is 5.38. The van der Waals surface area contributed by atoms with Crippen LogP contribution in [0.2, 0.25) is 10.0 Å². The molecule has 0 unspecified atom stereocenters. The summed E-state index contributed by atoms with van der Waals surface area (Å²) in [4.78, 5) is 11.1. The highest BCUT2D eigenvalue weighted by Crippen LogP contribution is 2.27. The van der Waals surface area contributed by atoms with E-state index in [1.165, 1.54) is 0 Å². The molecule has 0 saturated carbocycles. The quantitative estimate of drug-likeness (QED) is 0.799. The van der Waals surface area contributed by atoms with Crippen molar-refractivity contribution >= 4 is 29.1 Å². The third-order valence-corrected chi connectivity index (χ3v) is 2.29. The Hall–Kier alpha value is -0.970. The predicted molar refractivity (Wildman–Crippen MR) is 63.8 cm³/mol. The second-order valence-corrected chi connectivity index (χ2v) is 3.82. The number of hydrazine groups is 1. The highest BCUT2D eigenvalue weighted by atomic mass is 35.5. The molecule has 88 valence electrons. The fourth-order valence-electron chi connectivity index (χ4n) is 1.04. The number of hydrogen-bond acceptors (Lipinski definition) is 3. The van der Waals surface area contributed by atoms with Gasteiger partial charge in [-0.1, -0.05) is 23.2 Å². The van der Waals surface area contributed by atoms with Gasteiger partial charge in [-0.3, -0.25) is 10.2 Å². The molecule has 4 nitrogen and oxygen atoms in total. The molecule has 0 aromatic heterocycles. The number of ether oxygens (including phenoxy) is 1. The number of carbonyl (C=O) groups excluding carboxylic acids is 1. The summed E-state index contributed by atoms with van der Waals surface area (Å²) < 4.78 is 5.33. The Morgan fingerprint density at radius 2 is 2.19 bits per heavy atom. The molecular weight excluding hydrogens is 251 g/mol. The van der Waals surface area contributed by atoms with Gasteiger partial charge < -0.3 is 4.74 Å². The molecule has 0 spiro atoms. The molecule has 0 atom stereocenters. The fourth-order valence-corrected chi connectivity index (χ4v) is 1.38. The minimum Gasteiger partial charge on any atom is -0.491 e. The standard InChI is InChI=1S/C10H12Cl2N2O2/c1-13-14-10(15)4-5-16-9-6-7(11)2-3-8(9)12/h2-3,6,13H,4-5H2,1H3,(H,14,15). The number of amides is 1. The number of benzene rings is 1. The van der Waals surface area contributed by atoms with E-state index in [9.17, 15) is 4.79 Å². The number of halogens is 2. The average molecular weight is 263 g/mol. The van der Waals surface area contributed by atoms with Crippen molar-refractivity contribution in [1.29, 1.82) is 0 Å². The lowest BCUT2D eigenvalue weighted by Gasteiger charge is -2.08. The van der Waals surface area contributed by atoms with Crippen LogP contribution in [0.5, 0.6) is 5.75 Å². The Bertz CT molecular complexity index is 372. The van der Waals surface area contributed by atoms with E-state index in [4.69, 9.17) is 27.9 Å². The Balaban J connectivity index is 2.42. The van der Waals surface area contributed by atoms with Gasteiger partial charge in [-0.25, -0.2) is 5.43 Å². The van der Waals surface area contributed by atoms with E-state index in [1.807, 2.05) is 0 Å². The minimum atomic E-state index is -0.152. The minimum absolute atomic E-state index is 0.152. The molecular formula is C10H12Cl2N2O2. The van der Waals surface area contributed by atoms with Crippen LogP contribution in [-0.4, -0.2) is 19.6 Å². The van der Waals surface area contributed by atoms with Gasteiger partial charge in [0.05, 0.1) is 18.1 Å². The fraction of sp³-hybridized carbons (Fsp3) is 0.300. The van der Waals surface area contributed by atoms with Crippen LogP contribution in [0, 0.1) is 0 Å². The zero-order chi connectivity index (χ0) is 12.0. The summed E-state index contributed by atoms with van der Waals surface area (Å²) in [6.45, 7) is 0.244. The molecule has 1 aromatic carbocycles. The molecule has 0 bridgehead atoms. The van der Waals surface area contributed by atoms with E-state index in [2.05, 4.69) is 10.9 Å². The van der Waals surface area contributed by atoms with E-state index < -0.39 is 0 Å². The maximum atomic E-state index is 11.1. The van der Waals surface area contributed by atoms with Crippen LogP contribution in [-0.2, 0) is 4.79 Å². The van der Waals surface area contributed by atoms with Crippen molar-refractivity contribution in [3.63, 3.8) is 0 Å². The summed E-state index contributed by atoms with van der Waals surface area (Å²) in [5.41, 5.74) is 4.96. The maximum Gasteiger partial charge on any atom is 0.237 e. The smallest absolute Gasteiger partial charge is 0.237 e. The molecule has 1 amide bonds. The number of rotatable bonds is 5. The van der Waals surface area contributed by atoms with Gasteiger partial charge in [0, 0.05) is 18.1 Å². The van der Waals surface area contributed by atoms with Crippen molar-refractivity contribution in [2.45, 2.75) is 6.42 Å². The molecule has 0 fully saturated rings. The topological polar surface area (TPSA) is 50.4 Å². The van der Waals surface area contributed by atoms with Crippen molar-refractivity contribution in [3.8, 4) is 5.75 Å². The van der Waals surface area contributed by atoms with Crippen LogP contribution >= 0.6 is 23.2 Å². The predicted octanol–water partition coefficient (Wildman–Crippen LogP) is 2.01. The zero-order valence-electron chi connectivity index (χ0n) is 8.72. The van der Waals surface area contributed by atoms with Crippen LogP contribution in [0.25, 0.3) is 0 Å². The summed E-state index contributed by atoms with van der Waals surface area (Å²) >= 11 is 11.7. The second-order valence-electron chi connectivity index (χ2n) is 2.97. The third-order valence-electron chi connectivity index (χ3n) is 1.74. The number of hydrogen-bond donors (Lipinski definition) is 2. The Labute approximate surface area is 104 Å². The van der Waals surface area contributed by atoms with Crippen molar-refractivity contribution < 1.29 is 9.53 Å². The molecule has 0 saturated heterocycles. The lowest BCUT2D eigenvalue weighted by atomic mass is 10.3. The van der Waals surface area contributed by atoms with Crippen LogP contribution < -0.4 is 15.6 Å². The lowest BCUT2D eigenvalue weighted by Crippen LogP contribution is -2.34. The second kappa shape index (κ2) is 6.58. The molecule has 0 radical (unpaired) electrons. The molecule has 2 N–H and O–H groups in total. The summed E-state index contributed by atoms with van der Waals surface area (Å²) in [7, 11) is 1.62. The highest BCUT2D eigenvalue weighted by molar-refractivity contribution is 6.34. The molecule has 0 aliphatic carbocycles. The van der Waals surface area contributed by atoms with Crippen LogP contribution in [0.15, 0.2) is 18.2 Å². The van der Waals surface area contributed by atoms with Crippen molar-refractivity contribution in [2.24, 2.45) is 0 Å². The molecule has 16 heavy (non-hydrogen) atoms. The third kappa shape index (κ3) is 4.26. The van der Waals surface area contributed by atoms with Gasteiger partial charge in [-0.15, -0.1) is 0 Å². The summed E-state index contributed by atoms with van der Waals surface area (Å²) in [5, 5.41) is 1.01. The Morgan fingerprint density at radius 1 is 1.44 bits per heavy atom. The molecule has 0 aliphatic rings. The monoisotopic (exact) mass is 262 g/mol. The van der Waals surface area contributed by atoms with E-state index in [0.29, 0.717) is 15.8 Å². The van der Waals surface area contributed by atoms with E-state index >= 15 is 0 Å². The normalized spacial score (nSPS) is 9.94. The molecule has 0 aliphatic heterocycles. The summed E-state index contributed by atoms with van der Waals surface area (Å²) in [6.07, 6.45) is 0.240. The van der Waals surface area contributed by atoms with E-state index in [1.54, 1.807) is 25.2 Å². The first-order chi connectivity index (χ1) is 7.63. The first-order valence-corrected chi connectivity index (χ1v) is 5.42. The Morgan fingerprint density at radius 3 is 2.88 bits per heavy atom. The number of nitrogens with one attached hydrogen (secondary N) is 2. The molecule has 6 heteroatoms. The van der Waals surface area contributed by atoms with Crippen molar-refractivity contribution in [3.05, 3.63) is 28.2 Å². The molecule has 1 aromatic rings. The first-order valence-electron chi connectivity index (χ1n) is 4.67. The van der Waals surface area contributed by atoms with Gasteiger partial charge in [0.1, 0.15) is 5.75 Å². The SMILES string of the molecule is CNNC(=O)CCOc1cc(Cl)ccc1Cl. The largest absolute Gasteiger partial charge is 0.491 e. The summed E-state index contributed by atoms with van der Waals surface area (Å²) in [6, 6.07) is 4.93. The van der Waals surface area contributed by atoms with Gasteiger partial charge in [0.25, 0.3) is 0 Å². The van der Waals surface area contributed by atoms with Crippen LogP contribution in [0.4, 0.5) is 0 Å². The van der Waals surface area contributed by atoms with E-state index in [-0.39, 0.29) is 18.9 Å². The molecule has 0 heterocycles. The van der Waals surface area contributed by atoms with Crippen LogP contribution in [0.3, 0.4) is 0 Å². The van der Waals surface area contributed by atoms with Gasteiger partial charge in [-0.05, 0) is 12.1 Å². The highest BCUT2D eigenvalue weighted by Gasteiger charge is 2.04. The van der Waals surface area contributed by atoms with Gasteiger partial charge in [0.15, 0.2) is 0 Å². The summed E-state index contributed by atoms with van der Waals surface area (Å²) in [5.74, 6) is 0.326. The van der Waals surface area contributed by atoms with Crippen molar-refractivity contribution in [1.82, 2.24) is 10.9 Å².